The van der Waals surface area contributed by atoms with Crippen molar-refractivity contribution >= 4 is 40.9 Å². The van der Waals surface area contributed by atoms with Crippen molar-refractivity contribution in [1.82, 2.24) is 21.6 Å². The predicted octanol–water partition coefficient (Wildman–Crippen LogP) is 1.30. The van der Waals surface area contributed by atoms with Gasteiger partial charge in [-0.15, -0.1) is 0 Å². The molecule has 138 valence electrons. The maximum absolute atomic E-state index is 5.29. The summed E-state index contributed by atoms with van der Waals surface area (Å²) in [5, 5.41) is 7.78. The fourth-order valence-corrected chi connectivity index (χ4v) is 2.02. The first-order valence-corrected chi connectivity index (χ1v) is 8.30. The highest BCUT2D eigenvalue weighted by atomic mass is 32.1. The van der Waals surface area contributed by atoms with Gasteiger partial charge in [-0.05, 0) is 43.0 Å². The molecule has 0 saturated heterocycles. The third kappa shape index (κ3) is 6.98. The van der Waals surface area contributed by atoms with Crippen molar-refractivity contribution in [3.05, 3.63) is 17.7 Å². The second-order valence-corrected chi connectivity index (χ2v) is 5.48. The monoisotopic (exact) mass is 385 g/mol. The fourth-order valence-electron chi connectivity index (χ4n) is 1.77. The zero-order valence-electron chi connectivity index (χ0n) is 14.6. The molecule has 10 heteroatoms. The maximum atomic E-state index is 5.29. The van der Waals surface area contributed by atoms with E-state index in [9.17, 15) is 0 Å². The Morgan fingerprint density at radius 3 is 2.16 bits per heavy atom. The summed E-state index contributed by atoms with van der Waals surface area (Å²) in [7, 11) is 4.65. The number of hydrazine groups is 1. The van der Waals surface area contributed by atoms with E-state index in [1.165, 1.54) is 0 Å². The van der Waals surface area contributed by atoms with E-state index in [1.807, 2.05) is 6.92 Å². The number of methoxy groups -OCH3 is 3. The number of hydrogen-bond acceptors (Lipinski definition) is 6. The number of ether oxygens (including phenoxy) is 3. The van der Waals surface area contributed by atoms with Crippen LogP contribution in [0.3, 0.4) is 0 Å². The SMILES string of the molecule is CCCNC(=S)NNC(=S)N/N=C/c1cc(OC)c(OC)c(OC)c1. The molecule has 0 aliphatic heterocycles. The average molecular weight is 386 g/mol. The molecule has 1 aromatic rings. The van der Waals surface area contributed by atoms with Crippen LogP contribution in [0.1, 0.15) is 18.9 Å². The normalized spacial score (nSPS) is 10.1. The highest BCUT2D eigenvalue weighted by molar-refractivity contribution is 7.80. The summed E-state index contributed by atoms with van der Waals surface area (Å²) in [5.74, 6) is 1.60. The highest BCUT2D eigenvalue weighted by Gasteiger charge is 2.12. The van der Waals surface area contributed by atoms with Gasteiger partial charge in [0.1, 0.15) is 0 Å². The quantitative estimate of drug-likeness (QED) is 0.315. The van der Waals surface area contributed by atoms with Crippen molar-refractivity contribution in [2.45, 2.75) is 13.3 Å². The zero-order valence-corrected chi connectivity index (χ0v) is 16.3. The van der Waals surface area contributed by atoms with Gasteiger partial charge in [0.05, 0.1) is 27.5 Å². The summed E-state index contributed by atoms with van der Waals surface area (Å²) in [6.07, 6.45) is 2.55. The van der Waals surface area contributed by atoms with Crippen LogP contribution in [-0.2, 0) is 0 Å². The third-order valence-electron chi connectivity index (χ3n) is 2.89. The van der Waals surface area contributed by atoms with Crippen LogP contribution in [0, 0.1) is 0 Å². The number of thiocarbonyl (C=S) groups is 2. The molecule has 0 aliphatic carbocycles. The number of benzene rings is 1. The van der Waals surface area contributed by atoms with E-state index in [1.54, 1.807) is 39.7 Å². The minimum Gasteiger partial charge on any atom is -0.493 e. The van der Waals surface area contributed by atoms with E-state index in [-0.39, 0.29) is 5.11 Å². The molecular formula is C15H23N5O3S2. The van der Waals surface area contributed by atoms with Gasteiger partial charge >= 0.3 is 0 Å². The average Bonchev–Trinajstić information content (AvgIpc) is 2.63. The Labute approximate surface area is 158 Å². The van der Waals surface area contributed by atoms with Crippen LogP contribution in [0.5, 0.6) is 17.2 Å². The summed E-state index contributed by atoms with van der Waals surface area (Å²) < 4.78 is 15.8. The molecule has 0 bridgehead atoms. The topological polar surface area (TPSA) is 88.2 Å². The maximum Gasteiger partial charge on any atom is 0.205 e. The Bertz CT molecular complexity index is 600. The molecule has 0 aromatic heterocycles. The molecule has 4 N–H and O–H groups in total. The van der Waals surface area contributed by atoms with E-state index < -0.39 is 0 Å². The molecule has 1 aromatic carbocycles. The number of hydrazone groups is 1. The second kappa shape index (κ2) is 11.3. The number of nitrogens with one attached hydrogen (secondary N) is 4. The van der Waals surface area contributed by atoms with Gasteiger partial charge in [-0.25, -0.2) is 0 Å². The largest absolute Gasteiger partial charge is 0.493 e. The summed E-state index contributed by atoms with van der Waals surface area (Å²) in [5.41, 5.74) is 8.90. The summed E-state index contributed by atoms with van der Waals surface area (Å²) in [6.45, 7) is 2.83. The van der Waals surface area contributed by atoms with Crippen molar-refractivity contribution in [1.29, 1.82) is 0 Å². The van der Waals surface area contributed by atoms with Crippen molar-refractivity contribution in [3.63, 3.8) is 0 Å². The molecule has 0 saturated carbocycles. The lowest BCUT2D eigenvalue weighted by Crippen LogP contribution is -2.49. The number of hydrogen-bond donors (Lipinski definition) is 4. The lowest BCUT2D eigenvalue weighted by atomic mass is 10.2. The highest BCUT2D eigenvalue weighted by Crippen LogP contribution is 2.37. The minimum absolute atomic E-state index is 0.268. The van der Waals surface area contributed by atoms with Crippen LogP contribution >= 0.6 is 24.4 Å². The van der Waals surface area contributed by atoms with Gasteiger partial charge in [-0.2, -0.15) is 5.10 Å². The van der Waals surface area contributed by atoms with Gasteiger partial charge in [0.25, 0.3) is 0 Å². The van der Waals surface area contributed by atoms with E-state index in [0.29, 0.717) is 22.4 Å². The molecule has 0 atom stereocenters. The van der Waals surface area contributed by atoms with Gasteiger partial charge < -0.3 is 19.5 Å². The minimum atomic E-state index is 0.268. The van der Waals surface area contributed by atoms with Crippen LogP contribution in [-0.4, -0.2) is 44.3 Å². The predicted molar refractivity (Wildman–Crippen MR) is 107 cm³/mol. The molecule has 1 rings (SSSR count). The molecule has 0 amide bonds. The van der Waals surface area contributed by atoms with Gasteiger partial charge in [-0.3, -0.25) is 16.3 Å². The Morgan fingerprint density at radius 2 is 1.64 bits per heavy atom. The smallest absolute Gasteiger partial charge is 0.205 e. The Balaban J connectivity index is 2.61. The first kappa shape index (κ1) is 20.7. The lowest BCUT2D eigenvalue weighted by molar-refractivity contribution is 0.324. The van der Waals surface area contributed by atoms with Crippen molar-refractivity contribution < 1.29 is 14.2 Å². The Hall–Kier alpha value is -2.33. The first-order valence-electron chi connectivity index (χ1n) is 7.48. The van der Waals surface area contributed by atoms with E-state index in [0.717, 1.165) is 18.5 Å². The summed E-state index contributed by atoms with van der Waals surface area (Å²) in [6, 6.07) is 3.54. The van der Waals surface area contributed by atoms with Crippen LogP contribution in [0.25, 0.3) is 0 Å². The zero-order chi connectivity index (χ0) is 18.7. The second-order valence-electron chi connectivity index (χ2n) is 4.66. The van der Waals surface area contributed by atoms with Crippen molar-refractivity contribution in [3.8, 4) is 17.2 Å². The molecule has 0 spiro atoms. The lowest BCUT2D eigenvalue weighted by Gasteiger charge is -2.13. The van der Waals surface area contributed by atoms with Crippen LogP contribution in [0.15, 0.2) is 17.2 Å². The molecule has 0 fully saturated rings. The standard InChI is InChI=1S/C15H23N5O3S2/c1-5-6-16-14(24)19-20-15(25)18-17-9-10-7-11(21-2)13(23-4)12(8-10)22-3/h7-9H,5-6H2,1-4H3,(H2,16,19,24)(H2,18,20,25)/b17-9+. The summed E-state index contributed by atoms with van der Waals surface area (Å²) in [4.78, 5) is 0. The molecule has 0 unspecified atom stereocenters. The molecular weight excluding hydrogens is 362 g/mol. The van der Waals surface area contributed by atoms with E-state index >= 15 is 0 Å². The fraction of sp³-hybridized carbons (Fsp3) is 0.400. The Kier molecular flexibility index (Phi) is 9.33. The molecule has 25 heavy (non-hydrogen) atoms. The third-order valence-corrected chi connectivity index (χ3v) is 3.33. The molecule has 0 aliphatic rings. The van der Waals surface area contributed by atoms with E-state index in [2.05, 4.69) is 26.7 Å². The molecule has 8 nitrogen and oxygen atoms in total. The molecule has 0 heterocycles. The van der Waals surface area contributed by atoms with Gasteiger partial charge in [0, 0.05) is 12.1 Å². The van der Waals surface area contributed by atoms with Crippen molar-refractivity contribution in [2.75, 3.05) is 27.9 Å². The Morgan fingerprint density at radius 1 is 1.04 bits per heavy atom. The summed E-state index contributed by atoms with van der Waals surface area (Å²) >= 11 is 10.1. The van der Waals surface area contributed by atoms with Gasteiger partial charge in [0.2, 0.25) is 10.9 Å². The first-order chi connectivity index (χ1) is 12.0. The number of rotatable bonds is 7. The van der Waals surface area contributed by atoms with Crippen LogP contribution < -0.4 is 35.8 Å². The van der Waals surface area contributed by atoms with Crippen LogP contribution in [0.4, 0.5) is 0 Å². The van der Waals surface area contributed by atoms with E-state index in [4.69, 9.17) is 38.6 Å². The van der Waals surface area contributed by atoms with Crippen molar-refractivity contribution in [2.24, 2.45) is 5.10 Å². The van der Waals surface area contributed by atoms with Crippen LogP contribution in [0.2, 0.25) is 0 Å². The molecule has 0 radical (unpaired) electrons. The number of nitrogens with zero attached hydrogens (tertiary/aromatic N) is 1. The van der Waals surface area contributed by atoms with Gasteiger partial charge in [0.15, 0.2) is 16.6 Å². The van der Waals surface area contributed by atoms with Gasteiger partial charge in [-0.1, -0.05) is 6.92 Å².